The van der Waals surface area contributed by atoms with E-state index >= 15 is 0 Å². The van der Waals surface area contributed by atoms with E-state index in [0.29, 0.717) is 31.6 Å². The van der Waals surface area contributed by atoms with Gasteiger partial charge in [-0.05, 0) is 44.9 Å². The molecule has 0 aliphatic carbocycles. The lowest BCUT2D eigenvalue weighted by molar-refractivity contribution is -0.127. The smallest absolute Gasteiger partial charge is 0.281 e. The molecule has 9 heteroatoms. The van der Waals surface area contributed by atoms with Crippen LogP contribution in [-0.4, -0.2) is 62.8 Å². The number of nitrogens with zero attached hydrogens (tertiary/aromatic N) is 2. The maximum absolute atomic E-state index is 13.1. The normalized spacial score (nSPS) is 24.5. The van der Waals surface area contributed by atoms with E-state index in [1.807, 2.05) is 32.0 Å². The minimum atomic E-state index is -3.53. The molecule has 1 N–H and O–H groups in total. The summed E-state index contributed by atoms with van der Waals surface area (Å²) in [5, 5.41) is 3.14. The van der Waals surface area contributed by atoms with E-state index in [9.17, 15) is 13.2 Å². The van der Waals surface area contributed by atoms with E-state index < -0.39 is 15.8 Å². The van der Waals surface area contributed by atoms with Gasteiger partial charge >= 0.3 is 0 Å². The van der Waals surface area contributed by atoms with Gasteiger partial charge in [-0.1, -0.05) is 0 Å². The fraction of sp³-hybridized carbons (Fsp3) is 0.650. The van der Waals surface area contributed by atoms with Gasteiger partial charge in [0.1, 0.15) is 17.1 Å². The van der Waals surface area contributed by atoms with Crippen molar-refractivity contribution in [1.82, 2.24) is 13.9 Å². The number of fused-ring (bicyclic) bond motifs is 1. The van der Waals surface area contributed by atoms with E-state index in [1.165, 1.54) is 22.7 Å². The predicted molar refractivity (Wildman–Crippen MR) is 110 cm³/mol. The number of amides is 1. The summed E-state index contributed by atoms with van der Waals surface area (Å²) < 4.78 is 38.9. The summed E-state index contributed by atoms with van der Waals surface area (Å²) in [6.45, 7) is 4.62. The van der Waals surface area contributed by atoms with Crippen molar-refractivity contribution in [1.29, 1.82) is 0 Å². The molecule has 2 aliphatic heterocycles. The van der Waals surface area contributed by atoms with Crippen molar-refractivity contribution in [2.75, 3.05) is 34.3 Å². The third kappa shape index (κ3) is 4.67. The number of rotatable bonds is 5. The van der Waals surface area contributed by atoms with E-state index in [0.717, 1.165) is 11.3 Å². The maximum atomic E-state index is 13.1. The molecule has 3 rings (SSSR count). The third-order valence-electron chi connectivity index (χ3n) is 5.53. The van der Waals surface area contributed by atoms with Crippen molar-refractivity contribution in [3.05, 3.63) is 23.8 Å². The van der Waals surface area contributed by atoms with Crippen LogP contribution in [0.4, 0.5) is 0 Å². The Hall–Kier alpha value is -1.84. The minimum Gasteiger partial charge on any atom is -0.497 e. The second-order valence-electron chi connectivity index (χ2n) is 8.52. The summed E-state index contributed by atoms with van der Waals surface area (Å²) in [5.74, 6) is 0.929. The van der Waals surface area contributed by atoms with Crippen LogP contribution in [0.1, 0.15) is 44.7 Å². The van der Waals surface area contributed by atoms with Crippen LogP contribution in [0.15, 0.2) is 18.2 Å². The molecule has 2 heterocycles. The fourth-order valence-corrected chi connectivity index (χ4v) is 5.16. The predicted octanol–water partition coefficient (Wildman–Crippen LogP) is 1.93. The molecule has 0 spiro atoms. The Morgan fingerprint density at radius 3 is 2.72 bits per heavy atom. The Morgan fingerprint density at radius 1 is 1.34 bits per heavy atom. The van der Waals surface area contributed by atoms with Gasteiger partial charge in [0.05, 0.1) is 19.1 Å². The summed E-state index contributed by atoms with van der Waals surface area (Å²) in [6.07, 6.45) is 1.95. The SMILES string of the molecule is COc1ccc2c(c1)[C@H](NC(=O)[C@@H]1CCCN(S(=O)(=O)N(C)C)C1)CC(C)(C)O2. The number of hydrogen-bond donors (Lipinski definition) is 1. The lowest BCUT2D eigenvalue weighted by Gasteiger charge is -2.39. The van der Waals surface area contributed by atoms with Crippen molar-refractivity contribution < 1.29 is 22.7 Å². The Balaban J connectivity index is 1.78. The highest BCUT2D eigenvalue weighted by atomic mass is 32.2. The molecule has 0 bridgehead atoms. The van der Waals surface area contributed by atoms with Gasteiger partial charge < -0.3 is 14.8 Å². The van der Waals surface area contributed by atoms with Crippen LogP contribution in [0.25, 0.3) is 0 Å². The zero-order chi connectivity index (χ0) is 21.4. The monoisotopic (exact) mass is 425 g/mol. The molecule has 1 amide bonds. The van der Waals surface area contributed by atoms with Gasteiger partial charge in [-0.3, -0.25) is 4.79 Å². The van der Waals surface area contributed by atoms with E-state index in [2.05, 4.69) is 5.32 Å². The molecule has 8 nitrogen and oxygen atoms in total. The number of benzene rings is 1. The van der Waals surface area contributed by atoms with Crippen molar-refractivity contribution in [3.8, 4) is 11.5 Å². The zero-order valence-corrected chi connectivity index (χ0v) is 18.6. The van der Waals surface area contributed by atoms with Crippen LogP contribution in [0.2, 0.25) is 0 Å². The molecule has 1 saturated heterocycles. The van der Waals surface area contributed by atoms with Gasteiger partial charge in [-0.2, -0.15) is 17.0 Å². The van der Waals surface area contributed by atoms with Gasteiger partial charge in [0, 0.05) is 39.2 Å². The van der Waals surface area contributed by atoms with Gasteiger partial charge in [-0.15, -0.1) is 0 Å². The molecule has 2 aliphatic rings. The Morgan fingerprint density at radius 2 is 2.07 bits per heavy atom. The number of hydrogen-bond acceptors (Lipinski definition) is 5. The zero-order valence-electron chi connectivity index (χ0n) is 17.8. The molecule has 1 aromatic carbocycles. The summed E-state index contributed by atoms with van der Waals surface area (Å²) in [4.78, 5) is 13.1. The first kappa shape index (κ1) is 21.9. The van der Waals surface area contributed by atoms with Crippen LogP contribution in [0, 0.1) is 5.92 Å². The van der Waals surface area contributed by atoms with E-state index in [1.54, 1.807) is 7.11 Å². The molecular weight excluding hydrogens is 394 g/mol. The summed E-state index contributed by atoms with van der Waals surface area (Å²) in [5.41, 5.74) is 0.456. The van der Waals surface area contributed by atoms with Crippen molar-refractivity contribution in [2.45, 2.75) is 44.8 Å². The van der Waals surface area contributed by atoms with Gasteiger partial charge in [-0.25, -0.2) is 0 Å². The molecule has 0 radical (unpaired) electrons. The van der Waals surface area contributed by atoms with Crippen LogP contribution >= 0.6 is 0 Å². The van der Waals surface area contributed by atoms with E-state index in [4.69, 9.17) is 9.47 Å². The summed E-state index contributed by atoms with van der Waals surface area (Å²) in [7, 11) is 1.09. The molecular formula is C20H31N3O5S. The second kappa shape index (κ2) is 8.12. The van der Waals surface area contributed by atoms with Gasteiger partial charge in [0.2, 0.25) is 5.91 Å². The number of carbonyl (C=O) groups is 1. The molecule has 0 saturated carbocycles. The lowest BCUT2D eigenvalue weighted by atomic mass is 9.88. The quantitative estimate of drug-likeness (QED) is 0.779. The highest BCUT2D eigenvalue weighted by Crippen LogP contribution is 2.41. The molecule has 162 valence electrons. The Bertz CT molecular complexity index is 869. The molecule has 29 heavy (non-hydrogen) atoms. The topological polar surface area (TPSA) is 88.2 Å². The first-order valence-corrected chi connectivity index (χ1v) is 11.3. The minimum absolute atomic E-state index is 0.125. The highest BCUT2D eigenvalue weighted by molar-refractivity contribution is 7.86. The lowest BCUT2D eigenvalue weighted by Crippen LogP contribution is -2.50. The van der Waals surface area contributed by atoms with Crippen LogP contribution < -0.4 is 14.8 Å². The van der Waals surface area contributed by atoms with Crippen LogP contribution in [-0.2, 0) is 15.0 Å². The highest BCUT2D eigenvalue weighted by Gasteiger charge is 2.38. The fourth-order valence-electron chi connectivity index (χ4n) is 3.97. The maximum Gasteiger partial charge on any atom is 0.281 e. The van der Waals surface area contributed by atoms with Crippen molar-refractivity contribution in [3.63, 3.8) is 0 Å². The van der Waals surface area contributed by atoms with Crippen LogP contribution in [0.5, 0.6) is 11.5 Å². The Labute approximate surface area is 173 Å². The Kier molecular flexibility index (Phi) is 6.12. The number of piperidine rings is 1. The molecule has 2 atom stereocenters. The van der Waals surface area contributed by atoms with Crippen molar-refractivity contribution >= 4 is 16.1 Å². The number of ether oxygens (including phenoxy) is 2. The van der Waals surface area contributed by atoms with Gasteiger partial charge in [0.15, 0.2) is 0 Å². The molecule has 0 aromatic heterocycles. The molecule has 0 unspecified atom stereocenters. The standard InChI is InChI=1S/C20H31N3O5S/c1-20(2)12-17(16-11-15(27-5)8-9-18(16)28-20)21-19(24)14-7-6-10-23(13-14)29(25,26)22(3)4/h8-9,11,14,17H,6-7,10,12-13H2,1-5H3,(H,21,24)/t14-,17-/m1/s1. The average molecular weight is 426 g/mol. The summed E-state index contributed by atoms with van der Waals surface area (Å²) in [6, 6.07) is 5.36. The second-order valence-corrected chi connectivity index (χ2v) is 10.7. The molecule has 1 aromatic rings. The number of carbonyl (C=O) groups excluding carboxylic acids is 1. The number of methoxy groups -OCH3 is 1. The summed E-state index contributed by atoms with van der Waals surface area (Å²) >= 11 is 0. The van der Waals surface area contributed by atoms with Gasteiger partial charge in [0.25, 0.3) is 10.2 Å². The first-order chi connectivity index (χ1) is 13.5. The molecule has 1 fully saturated rings. The average Bonchev–Trinajstić information content (AvgIpc) is 2.66. The van der Waals surface area contributed by atoms with Crippen molar-refractivity contribution in [2.24, 2.45) is 5.92 Å². The van der Waals surface area contributed by atoms with Crippen LogP contribution in [0.3, 0.4) is 0 Å². The third-order valence-corrected chi connectivity index (χ3v) is 7.44. The van der Waals surface area contributed by atoms with E-state index in [-0.39, 0.29) is 24.4 Å². The largest absolute Gasteiger partial charge is 0.497 e. The first-order valence-electron chi connectivity index (χ1n) is 9.88. The number of nitrogens with one attached hydrogen (secondary N) is 1.